The largest absolute Gasteiger partial charge is 0.475 e. The van der Waals surface area contributed by atoms with E-state index in [9.17, 15) is 9.90 Å². The molecule has 0 fully saturated rings. The number of rotatable bonds is 4. The zero-order chi connectivity index (χ0) is 16.4. The number of hydrogen-bond donors (Lipinski definition) is 2. The number of ether oxygens (including phenoxy) is 1. The number of hydrogen-bond acceptors (Lipinski definition) is 4. The number of aliphatic hydroxyl groups is 1. The van der Waals surface area contributed by atoms with E-state index >= 15 is 0 Å². The summed E-state index contributed by atoms with van der Waals surface area (Å²) in [7, 11) is 0. The van der Waals surface area contributed by atoms with Gasteiger partial charge in [-0.25, -0.2) is 4.98 Å². The lowest BCUT2D eigenvalue weighted by Gasteiger charge is -2.19. The lowest BCUT2D eigenvalue weighted by Crippen LogP contribution is -2.35. The van der Waals surface area contributed by atoms with E-state index in [4.69, 9.17) is 27.9 Å². The van der Waals surface area contributed by atoms with Gasteiger partial charge in [0.25, 0.3) is 0 Å². The van der Waals surface area contributed by atoms with E-state index in [0.29, 0.717) is 28.1 Å². The predicted octanol–water partition coefficient (Wildman–Crippen LogP) is 2.71. The maximum absolute atomic E-state index is 12.5. The summed E-state index contributed by atoms with van der Waals surface area (Å²) in [4.78, 5) is 16.6. The van der Waals surface area contributed by atoms with Crippen LogP contribution in [0.25, 0.3) is 0 Å². The van der Waals surface area contributed by atoms with Crippen LogP contribution in [0.15, 0.2) is 36.5 Å². The Morgan fingerprint density at radius 3 is 3.00 bits per heavy atom. The molecule has 0 bridgehead atoms. The second-order valence-electron chi connectivity index (χ2n) is 5.17. The number of halogens is 2. The van der Waals surface area contributed by atoms with Crippen molar-refractivity contribution in [2.75, 3.05) is 13.2 Å². The zero-order valence-corrected chi connectivity index (χ0v) is 13.5. The lowest BCUT2D eigenvalue weighted by molar-refractivity contribution is -0.124. The molecule has 0 spiro atoms. The molecule has 1 aliphatic heterocycles. The van der Waals surface area contributed by atoms with Crippen LogP contribution in [0.4, 0.5) is 0 Å². The van der Waals surface area contributed by atoms with E-state index < -0.39 is 5.92 Å². The molecule has 0 radical (unpaired) electrons. The maximum atomic E-state index is 12.5. The van der Waals surface area contributed by atoms with E-state index in [-0.39, 0.29) is 18.6 Å². The Labute approximate surface area is 143 Å². The molecule has 1 aliphatic rings. The summed E-state index contributed by atoms with van der Waals surface area (Å²) in [6.07, 6.45) is 1.63. The Balaban J connectivity index is 1.79. The smallest absolute Gasteiger partial charge is 0.230 e. The van der Waals surface area contributed by atoms with Crippen LogP contribution >= 0.6 is 23.2 Å². The topological polar surface area (TPSA) is 71.5 Å². The van der Waals surface area contributed by atoms with Gasteiger partial charge in [-0.1, -0.05) is 29.3 Å². The number of fused-ring (bicyclic) bond motifs is 1. The van der Waals surface area contributed by atoms with E-state index in [2.05, 4.69) is 10.3 Å². The van der Waals surface area contributed by atoms with Crippen LogP contribution in [0.1, 0.15) is 23.1 Å². The molecule has 23 heavy (non-hydrogen) atoms. The van der Waals surface area contributed by atoms with E-state index in [1.807, 2.05) is 6.07 Å². The van der Waals surface area contributed by atoms with E-state index in [0.717, 1.165) is 5.56 Å². The molecule has 0 aliphatic carbocycles. The number of benzene rings is 1. The maximum Gasteiger partial charge on any atom is 0.230 e. The Morgan fingerprint density at radius 2 is 2.26 bits per heavy atom. The second-order valence-corrected chi connectivity index (χ2v) is 6.01. The lowest BCUT2D eigenvalue weighted by atomic mass is 9.98. The SMILES string of the molecule is O=C(N[C@@H]1COc2ncccc21)[C@H](CO)c1ccc(Cl)cc1Cl. The van der Waals surface area contributed by atoms with Gasteiger partial charge < -0.3 is 15.2 Å². The quantitative estimate of drug-likeness (QED) is 0.887. The number of amides is 1. The summed E-state index contributed by atoms with van der Waals surface area (Å²) < 4.78 is 5.44. The van der Waals surface area contributed by atoms with Crippen molar-refractivity contribution >= 4 is 29.1 Å². The summed E-state index contributed by atoms with van der Waals surface area (Å²) in [6, 6.07) is 8.16. The zero-order valence-electron chi connectivity index (χ0n) is 12.0. The predicted molar refractivity (Wildman–Crippen MR) is 86.9 cm³/mol. The fraction of sp³-hybridized carbons (Fsp3) is 0.250. The molecule has 1 aromatic carbocycles. The molecule has 2 atom stereocenters. The fourth-order valence-corrected chi connectivity index (χ4v) is 3.08. The number of nitrogens with one attached hydrogen (secondary N) is 1. The van der Waals surface area contributed by atoms with Gasteiger partial charge in [0, 0.05) is 21.8 Å². The molecule has 3 rings (SSSR count). The number of aliphatic hydroxyl groups excluding tert-OH is 1. The molecule has 7 heteroatoms. The standard InChI is InChI=1S/C16H14Cl2N2O3/c17-9-3-4-10(13(18)6-9)12(7-21)15(22)20-14-8-23-16-11(14)2-1-5-19-16/h1-6,12,14,21H,7-8H2,(H,20,22)/t12-,14-/m1/s1. The Hall–Kier alpha value is -1.82. The molecule has 0 saturated carbocycles. The Bertz CT molecular complexity index is 739. The van der Waals surface area contributed by atoms with Crippen molar-refractivity contribution in [3.63, 3.8) is 0 Å². The monoisotopic (exact) mass is 352 g/mol. The van der Waals surface area contributed by atoms with Crippen LogP contribution in [-0.4, -0.2) is 29.2 Å². The minimum Gasteiger partial charge on any atom is -0.475 e. The van der Waals surface area contributed by atoms with Crippen molar-refractivity contribution in [3.8, 4) is 5.88 Å². The van der Waals surface area contributed by atoms with Crippen molar-refractivity contribution in [2.45, 2.75) is 12.0 Å². The van der Waals surface area contributed by atoms with Crippen LogP contribution < -0.4 is 10.1 Å². The van der Waals surface area contributed by atoms with Gasteiger partial charge in [0.05, 0.1) is 18.6 Å². The summed E-state index contributed by atoms with van der Waals surface area (Å²) in [5.41, 5.74) is 1.35. The van der Waals surface area contributed by atoms with Crippen LogP contribution in [0.3, 0.4) is 0 Å². The van der Waals surface area contributed by atoms with Crippen molar-refractivity contribution in [1.29, 1.82) is 0 Å². The normalized spacial score (nSPS) is 17.3. The fourth-order valence-electron chi connectivity index (χ4n) is 2.54. The first-order chi connectivity index (χ1) is 11.1. The van der Waals surface area contributed by atoms with E-state index in [1.165, 1.54) is 0 Å². The molecule has 1 amide bonds. The van der Waals surface area contributed by atoms with Gasteiger partial charge in [-0.15, -0.1) is 0 Å². The average molecular weight is 353 g/mol. The van der Waals surface area contributed by atoms with Crippen molar-refractivity contribution < 1.29 is 14.6 Å². The molecular weight excluding hydrogens is 339 g/mol. The average Bonchev–Trinajstić information content (AvgIpc) is 2.93. The molecule has 2 N–H and O–H groups in total. The van der Waals surface area contributed by atoms with Crippen molar-refractivity contribution in [2.24, 2.45) is 0 Å². The van der Waals surface area contributed by atoms with Gasteiger partial charge in [-0.05, 0) is 29.8 Å². The van der Waals surface area contributed by atoms with E-state index in [1.54, 1.807) is 30.5 Å². The van der Waals surface area contributed by atoms with Gasteiger partial charge in [0.2, 0.25) is 11.8 Å². The van der Waals surface area contributed by atoms with Crippen LogP contribution in [0.2, 0.25) is 10.0 Å². The molecule has 5 nitrogen and oxygen atoms in total. The molecule has 1 aromatic heterocycles. The molecule has 0 unspecified atom stereocenters. The third kappa shape index (κ3) is 3.27. The van der Waals surface area contributed by atoms with Gasteiger partial charge in [0.1, 0.15) is 6.61 Å². The van der Waals surface area contributed by atoms with Crippen LogP contribution in [-0.2, 0) is 4.79 Å². The first-order valence-electron chi connectivity index (χ1n) is 7.04. The first kappa shape index (κ1) is 16.1. The molecule has 2 aromatic rings. The molecule has 2 heterocycles. The minimum absolute atomic E-state index is 0.300. The number of carbonyl (C=O) groups is 1. The minimum atomic E-state index is -0.777. The van der Waals surface area contributed by atoms with Crippen LogP contribution in [0, 0.1) is 0 Å². The number of pyridine rings is 1. The Kier molecular flexibility index (Phi) is 4.71. The molecule has 120 valence electrons. The summed E-state index contributed by atoms with van der Waals surface area (Å²) >= 11 is 12.0. The highest BCUT2D eigenvalue weighted by atomic mass is 35.5. The second kappa shape index (κ2) is 6.74. The summed E-state index contributed by atoms with van der Waals surface area (Å²) in [5.74, 6) is -0.592. The van der Waals surface area contributed by atoms with Crippen LogP contribution in [0.5, 0.6) is 5.88 Å². The van der Waals surface area contributed by atoms with Gasteiger partial charge in [-0.3, -0.25) is 4.79 Å². The highest BCUT2D eigenvalue weighted by Crippen LogP contribution is 2.32. The highest BCUT2D eigenvalue weighted by Gasteiger charge is 2.30. The van der Waals surface area contributed by atoms with Crippen molar-refractivity contribution in [1.82, 2.24) is 10.3 Å². The highest BCUT2D eigenvalue weighted by molar-refractivity contribution is 6.35. The number of carbonyl (C=O) groups excluding carboxylic acids is 1. The first-order valence-corrected chi connectivity index (χ1v) is 7.79. The van der Waals surface area contributed by atoms with Gasteiger partial charge >= 0.3 is 0 Å². The summed E-state index contributed by atoms with van der Waals surface area (Å²) in [5, 5.41) is 13.3. The molecule has 0 saturated heterocycles. The van der Waals surface area contributed by atoms with Crippen molar-refractivity contribution in [3.05, 3.63) is 57.7 Å². The van der Waals surface area contributed by atoms with Gasteiger partial charge in [0.15, 0.2) is 0 Å². The number of aromatic nitrogens is 1. The third-order valence-corrected chi connectivity index (χ3v) is 4.28. The van der Waals surface area contributed by atoms with Gasteiger partial charge in [-0.2, -0.15) is 0 Å². The summed E-state index contributed by atoms with van der Waals surface area (Å²) in [6.45, 7) is -0.0504. The molecular formula is C16H14Cl2N2O3. The third-order valence-electron chi connectivity index (χ3n) is 3.72. The Morgan fingerprint density at radius 1 is 1.43 bits per heavy atom. The number of nitrogens with zero attached hydrogens (tertiary/aromatic N) is 1.